The summed E-state index contributed by atoms with van der Waals surface area (Å²) in [4.78, 5) is 11.0. The van der Waals surface area contributed by atoms with Crippen LogP contribution in [0.15, 0.2) is 0 Å². The molecule has 0 fully saturated rings. The van der Waals surface area contributed by atoms with Crippen LogP contribution in [0.3, 0.4) is 0 Å². The van der Waals surface area contributed by atoms with Gasteiger partial charge in [0.25, 0.3) is 0 Å². The highest BCUT2D eigenvalue weighted by atomic mass is 16.4. The topological polar surface area (TPSA) is 80.9 Å². The fraction of sp³-hybridized carbons (Fsp3) is 0.778. The van der Waals surface area contributed by atoms with Crippen molar-refractivity contribution in [1.82, 2.24) is 20.2 Å². The molecule has 1 atom stereocenters. The van der Waals surface area contributed by atoms with Gasteiger partial charge < -0.3 is 5.11 Å². The van der Waals surface area contributed by atoms with E-state index in [2.05, 4.69) is 15.5 Å². The number of rotatable bonds is 5. The third-order valence-corrected chi connectivity index (χ3v) is 2.21. The summed E-state index contributed by atoms with van der Waals surface area (Å²) in [5.41, 5.74) is 0. The summed E-state index contributed by atoms with van der Waals surface area (Å²) in [6.07, 6.45) is 0.634. The van der Waals surface area contributed by atoms with Gasteiger partial charge in [-0.15, -0.1) is 5.10 Å². The molecule has 6 nitrogen and oxygen atoms in total. The van der Waals surface area contributed by atoms with Gasteiger partial charge >= 0.3 is 5.97 Å². The van der Waals surface area contributed by atoms with Gasteiger partial charge in [-0.25, -0.2) is 4.68 Å². The molecule has 1 N–H and O–H groups in total. The van der Waals surface area contributed by atoms with E-state index in [0.717, 1.165) is 0 Å². The summed E-state index contributed by atoms with van der Waals surface area (Å²) >= 11 is 0. The number of carboxylic acid groups (broad SMARTS) is 1. The van der Waals surface area contributed by atoms with E-state index in [0.29, 0.717) is 24.7 Å². The smallest absolute Gasteiger partial charge is 0.308 e. The fourth-order valence-corrected chi connectivity index (χ4v) is 1.45. The van der Waals surface area contributed by atoms with Gasteiger partial charge in [0, 0.05) is 0 Å². The molecule has 0 amide bonds. The average Bonchev–Trinajstić information content (AvgIpc) is 2.50. The predicted molar refractivity (Wildman–Crippen MR) is 53.1 cm³/mol. The van der Waals surface area contributed by atoms with Crippen LogP contribution in [0.25, 0.3) is 0 Å². The van der Waals surface area contributed by atoms with Crippen molar-refractivity contribution in [3.8, 4) is 0 Å². The summed E-state index contributed by atoms with van der Waals surface area (Å²) in [6, 6.07) is 0. The van der Waals surface area contributed by atoms with E-state index in [9.17, 15) is 4.79 Å². The molecule has 0 spiro atoms. The van der Waals surface area contributed by atoms with Crippen LogP contribution in [0, 0.1) is 18.8 Å². The van der Waals surface area contributed by atoms with Crippen LogP contribution in [0.2, 0.25) is 0 Å². The number of aryl methyl sites for hydroxylation is 1. The number of carboxylic acids is 1. The molecule has 1 unspecified atom stereocenters. The lowest BCUT2D eigenvalue weighted by Gasteiger charge is -2.14. The van der Waals surface area contributed by atoms with Gasteiger partial charge in [-0.1, -0.05) is 13.8 Å². The normalized spacial score (nSPS) is 13.1. The van der Waals surface area contributed by atoms with Crippen molar-refractivity contribution in [3.63, 3.8) is 0 Å². The summed E-state index contributed by atoms with van der Waals surface area (Å²) in [5, 5.41) is 20.0. The van der Waals surface area contributed by atoms with E-state index in [1.165, 1.54) is 4.68 Å². The van der Waals surface area contributed by atoms with E-state index in [1.807, 2.05) is 13.8 Å². The van der Waals surface area contributed by atoms with Crippen LogP contribution in [0.5, 0.6) is 0 Å². The Labute approximate surface area is 88.3 Å². The largest absolute Gasteiger partial charge is 0.481 e. The monoisotopic (exact) mass is 212 g/mol. The van der Waals surface area contributed by atoms with Crippen molar-refractivity contribution in [2.75, 3.05) is 0 Å². The molecule has 0 aliphatic heterocycles. The van der Waals surface area contributed by atoms with E-state index in [4.69, 9.17) is 5.11 Å². The Balaban J connectivity index is 2.67. The fourth-order valence-electron chi connectivity index (χ4n) is 1.45. The van der Waals surface area contributed by atoms with Crippen LogP contribution in [-0.4, -0.2) is 31.3 Å². The Bertz CT molecular complexity index is 335. The molecule has 0 aliphatic rings. The van der Waals surface area contributed by atoms with Crippen molar-refractivity contribution in [3.05, 3.63) is 5.82 Å². The summed E-state index contributed by atoms with van der Waals surface area (Å²) in [6.45, 7) is 6.10. The highest BCUT2D eigenvalue weighted by Crippen LogP contribution is 2.14. The number of nitrogens with zero attached hydrogens (tertiary/aromatic N) is 4. The highest BCUT2D eigenvalue weighted by Gasteiger charge is 2.20. The standard InChI is InChI=1S/C9H16N4O2/c1-6(2)4-8(9(14)15)5-13-7(3)10-11-12-13/h6,8H,4-5H2,1-3H3,(H,14,15). The first-order valence-electron chi connectivity index (χ1n) is 4.96. The molecule has 0 aromatic carbocycles. The van der Waals surface area contributed by atoms with E-state index >= 15 is 0 Å². The zero-order valence-corrected chi connectivity index (χ0v) is 9.21. The highest BCUT2D eigenvalue weighted by molar-refractivity contribution is 5.69. The van der Waals surface area contributed by atoms with Crippen molar-refractivity contribution < 1.29 is 9.90 Å². The maximum Gasteiger partial charge on any atom is 0.308 e. The molecule has 0 radical (unpaired) electrons. The van der Waals surface area contributed by atoms with Gasteiger partial charge in [-0.3, -0.25) is 4.79 Å². The van der Waals surface area contributed by atoms with Gasteiger partial charge in [0.2, 0.25) is 0 Å². The maximum atomic E-state index is 11.0. The number of carbonyl (C=O) groups is 1. The van der Waals surface area contributed by atoms with Crippen LogP contribution in [0.1, 0.15) is 26.1 Å². The third-order valence-electron chi connectivity index (χ3n) is 2.21. The van der Waals surface area contributed by atoms with Crippen molar-refractivity contribution in [2.24, 2.45) is 11.8 Å². The number of aromatic nitrogens is 4. The zero-order chi connectivity index (χ0) is 11.4. The molecule has 84 valence electrons. The molecular formula is C9H16N4O2. The van der Waals surface area contributed by atoms with Crippen molar-refractivity contribution in [2.45, 2.75) is 33.7 Å². The van der Waals surface area contributed by atoms with Gasteiger partial charge in [-0.05, 0) is 29.7 Å². The van der Waals surface area contributed by atoms with E-state index < -0.39 is 11.9 Å². The lowest BCUT2D eigenvalue weighted by Crippen LogP contribution is -2.23. The third kappa shape index (κ3) is 3.30. The SMILES string of the molecule is Cc1nnnn1CC(CC(C)C)C(=O)O. The van der Waals surface area contributed by atoms with Gasteiger partial charge in [-0.2, -0.15) is 0 Å². The van der Waals surface area contributed by atoms with Crippen LogP contribution < -0.4 is 0 Å². The Morgan fingerprint density at radius 1 is 1.53 bits per heavy atom. The molecule has 1 aromatic heterocycles. The maximum absolute atomic E-state index is 11.0. The zero-order valence-electron chi connectivity index (χ0n) is 9.21. The van der Waals surface area contributed by atoms with Crippen molar-refractivity contribution >= 4 is 5.97 Å². The number of hydrogen-bond acceptors (Lipinski definition) is 4. The molecule has 0 saturated heterocycles. The minimum Gasteiger partial charge on any atom is -0.481 e. The Morgan fingerprint density at radius 3 is 2.60 bits per heavy atom. The summed E-state index contributed by atoms with van der Waals surface area (Å²) < 4.78 is 1.53. The second-order valence-electron chi connectivity index (χ2n) is 4.07. The molecule has 0 saturated carbocycles. The first-order chi connectivity index (χ1) is 7.00. The lowest BCUT2D eigenvalue weighted by molar-refractivity contribution is -0.142. The molecule has 0 aliphatic carbocycles. The molecule has 1 aromatic rings. The van der Waals surface area contributed by atoms with Crippen molar-refractivity contribution in [1.29, 1.82) is 0 Å². The molecule has 1 rings (SSSR count). The van der Waals surface area contributed by atoms with Gasteiger partial charge in [0.15, 0.2) is 0 Å². The molecule has 1 heterocycles. The van der Waals surface area contributed by atoms with E-state index in [-0.39, 0.29) is 0 Å². The molecule has 0 bridgehead atoms. The summed E-state index contributed by atoms with van der Waals surface area (Å²) in [7, 11) is 0. The van der Waals surface area contributed by atoms with Gasteiger partial charge in [0.05, 0.1) is 12.5 Å². The number of hydrogen-bond donors (Lipinski definition) is 1. The quantitative estimate of drug-likeness (QED) is 0.778. The van der Waals surface area contributed by atoms with E-state index in [1.54, 1.807) is 6.92 Å². The average molecular weight is 212 g/mol. The Morgan fingerprint density at radius 2 is 2.20 bits per heavy atom. The first-order valence-corrected chi connectivity index (χ1v) is 4.96. The van der Waals surface area contributed by atoms with Gasteiger partial charge in [0.1, 0.15) is 5.82 Å². The minimum absolute atomic E-state index is 0.340. The predicted octanol–water partition coefficient (Wildman–Crippen LogP) is 0.728. The Hall–Kier alpha value is -1.46. The van der Waals surface area contributed by atoms with Crippen LogP contribution >= 0.6 is 0 Å². The second kappa shape index (κ2) is 4.86. The summed E-state index contributed by atoms with van der Waals surface area (Å²) in [5.74, 6) is -0.223. The second-order valence-corrected chi connectivity index (χ2v) is 4.07. The molecule has 15 heavy (non-hydrogen) atoms. The molecule has 6 heteroatoms. The number of tetrazole rings is 1. The van der Waals surface area contributed by atoms with Crippen LogP contribution in [0.4, 0.5) is 0 Å². The minimum atomic E-state index is -0.793. The van der Waals surface area contributed by atoms with Crippen LogP contribution in [-0.2, 0) is 11.3 Å². The Kier molecular flexibility index (Phi) is 3.76. The lowest BCUT2D eigenvalue weighted by atomic mass is 9.97. The first kappa shape index (κ1) is 11.6. The number of aliphatic carboxylic acids is 1. The molecular weight excluding hydrogens is 196 g/mol.